The number of carbonyl (C=O) groups is 1. The fraction of sp³-hybridized carbons (Fsp3) is 0.500. The summed E-state index contributed by atoms with van der Waals surface area (Å²) in [5.74, 6) is 0.967. The van der Waals surface area contributed by atoms with Crippen LogP contribution in [0, 0.1) is 5.41 Å². The predicted octanol–water partition coefficient (Wildman–Crippen LogP) is 2.62. The lowest BCUT2D eigenvalue weighted by atomic mass is 9.85. The molecule has 1 aromatic carbocycles. The number of rotatable bonds is 1. The minimum absolute atomic E-state index is 0.163. The fourth-order valence-corrected chi connectivity index (χ4v) is 2.96. The molecule has 1 heterocycles. The van der Waals surface area contributed by atoms with Crippen molar-refractivity contribution in [1.82, 2.24) is 0 Å². The summed E-state index contributed by atoms with van der Waals surface area (Å²) >= 11 is 0. The Kier molecular flexibility index (Phi) is 2.65. The molecule has 1 aliphatic carbocycles. The van der Waals surface area contributed by atoms with Gasteiger partial charge in [0.2, 0.25) is 5.91 Å². The largest absolute Gasteiger partial charge is 0.497 e. The Hall–Kier alpha value is -1.71. The molecule has 0 unspecified atom stereocenters. The number of benzene rings is 1. The number of nitrogens with one attached hydrogen (secondary N) is 2. The van der Waals surface area contributed by atoms with Crippen LogP contribution in [-0.2, 0) is 4.79 Å². The monoisotopic (exact) mass is 246 g/mol. The minimum Gasteiger partial charge on any atom is -0.497 e. The standard InChI is InChI=1S/C14H18N2O2/c1-18-10-4-5-11-12(8-10)15-9-14(13(17)16-11)6-2-3-7-14/h4-5,8,15H,2-3,6-7,9H2,1H3,(H,16,17). The first kappa shape index (κ1) is 11.4. The zero-order valence-electron chi connectivity index (χ0n) is 10.6. The number of anilines is 2. The smallest absolute Gasteiger partial charge is 0.232 e. The Labute approximate surface area is 107 Å². The quantitative estimate of drug-likeness (QED) is 0.801. The highest BCUT2D eigenvalue weighted by Crippen LogP contribution is 2.42. The van der Waals surface area contributed by atoms with Crippen LogP contribution in [0.3, 0.4) is 0 Å². The summed E-state index contributed by atoms with van der Waals surface area (Å²) in [6.07, 6.45) is 4.26. The molecule has 2 aliphatic rings. The highest BCUT2D eigenvalue weighted by Gasteiger charge is 2.42. The van der Waals surface area contributed by atoms with Crippen molar-refractivity contribution in [3.05, 3.63) is 18.2 Å². The van der Waals surface area contributed by atoms with Crippen LogP contribution in [0.1, 0.15) is 25.7 Å². The van der Waals surface area contributed by atoms with E-state index in [0.717, 1.165) is 49.4 Å². The lowest BCUT2D eigenvalue weighted by Crippen LogP contribution is -2.37. The lowest BCUT2D eigenvalue weighted by molar-refractivity contribution is -0.124. The van der Waals surface area contributed by atoms with Gasteiger partial charge in [0, 0.05) is 12.6 Å². The maximum absolute atomic E-state index is 12.4. The zero-order valence-corrected chi connectivity index (χ0v) is 10.6. The number of hydrogen-bond donors (Lipinski definition) is 2. The molecule has 1 fully saturated rings. The lowest BCUT2D eigenvalue weighted by Gasteiger charge is -2.24. The number of ether oxygens (including phenoxy) is 1. The van der Waals surface area contributed by atoms with Gasteiger partial charge in [0.05, 0.1) is 23.9 Å². The van der Waals surface area contributed by atoms with Crippen LogP contribution < -0.4 is 15.4 Å². The second kappa shape index (κ2) is 4.19. The first-order valence-corrected chi connectivity index (χ1v) is 6.47. The molecule has 1 amide bonds. The van der Waals surface area contributed by atoms with Gasteiger partial charge >= 0.3 is 0 Å². The maximum Gasteiger partial charge on any atom is 0.232 e. The van der Waals surface area contributed by atoms with Crippen LogP contribution in [0.5, 0.6) is 5.75 Å². The Morgan fingerprint density at radius 3 is 2.72 bits per heavy atom. The Morgan fingerprint density at radius 1 is 1.22 bits per heavy atom. The van der Waals surface area contributed by atoms with E-state index in [-0.39, 0.29) is 11.3 Å². The third-order valence-electron chi connectivity index (χ3n) is 4.13. The highest BCUT2D eigenvalue weighted by atomic mass is 16.5. The normalized spacial score (nSPS) is 20.8. The number of hydrogen-bond acceptors (Lipinski definition) is 3. The molecule has 1 aromatic rings. The van der Waals surface area contributed by atoms with E-state index in [4.69, 9.17) is 4.74 Å². The molecule has 3 rings (SSSR count). The van der Waals surface area contributed by atoms with Gasteiger partial charge in [0.1, 0.15) is 5.75 Å². The van der Waals surface area contributed by atoms with Crippen LogP contribution in [0.4, 0.5) is 11.4 Å². The molecule has 1 aliphatic heterocycles. The third-order valence-corrected chi connectivity index (χ3v) is 4.13. The average molecular weight is 246 g/mol. The van der Waals surface area contributed by atoms with E-state index in [9.17, 15) is 4.79 Å². The molecule has 4 heteroatoms. The van der Waals surface area contributed by atoms with Crippen LogP contribution in [-0.4, -0.2) is 19.6 Å². The van der Waals surface area contributed by atoms with Crippen LogP contribution >= 0.6 is 0 Å². The van der Waals surface area contributed by atoms with Crippen LogP contribution in [0.25, 0.3) is 0 Å². The number of amides is 1. The van der Waals surface area contributed by atoms with Gasteiger partial charge in [-0.25, -0.2) is 0 Å². The molecule has 2 N–H and O–H groups in total. The molecule has 0 atom stereocenters. The van der Waals surface area contributed by atoms with Crippen molar-refractivity contribution in [2.24, 2.45) is 5.41 Å². The van der Waals surface area contributed by atoms with E-state index >= 15 is 0 Å². The van der Waals surface area contributed by atoms with Crippen molar-refractivity contribution >= 4 is 17.3 Å². The highest BCUT2D eigenvalue weighted by molar-refractivity contribution is 6.00. The van der Waals surface area contributed by atoms with E-state index in [1.807, 2.05) is 18.2 Å². The van der Waals surface area contributed by atoms with Crippen LogP contribution in [0.15, 0.2) is 18.2 Å². The number of fused-ring (bicyclic) bond motifs is 1. The molecule has 18 heavy (non-hydrogen) atoms. The predicted molar refractivity (Wildman–Crippen MR) is 71.0 cm³/mol. The van der Waals surface area contributed by atoms with E-state index < -0.39 is 0 Å². The van der Waals surface area contributed by atoms with Crippen molar-refractivity contribution in [2.75, 3.05) is 24.3 Å². The van der Waals surface area contributed by atoms with Crippen molar-refractivity contribution in [3.8, 4) is 5.75 Å². The zero-order chi connectivity index (χ0) is 12.6. The fourth-order valence-electron chi connectivity index (χ4n) is 2.96. The summed E-state index contributed by atoms with van der Waals surface area (Å²) in [6, 6.07) is 5.70. The first-order chi connectivity index (χ1) is 8.73. The topological polar surface area (TPSA) is 50.4 Å². The van der Waals surface area contributed by atoms with Gasteiger partial charge in [0.15, 0.2) is 0 Å². The summed E-state index contributed by atoms with van der Waals surface area (Å²) in [6.45, 7) is 0.721. The van der Waals surface area contributed by atoms with Gasteiger partial charge in [-0.2, -0.15) is 0 Å². The molecule has 0 saturated heterocycles. The van der Waals surface area contributed by atoms with Gasteiger partial charge in [-0.05, 0) is 25.0 Å². The van der Waals surface area contributed by atoms with Crippen LogP contribution in [0.2, 0.25) is 0 Å². The van der Waals surface area contributed by atoms with E-state index in [0.29, 0.717) is 0 Å². The molecule has 0 bridgehead atoms. The first-order valence-electron chi connectivity index (χ1n) is 6.47. The molecule has 0 radical (unpaired) electrons. The summed E-state index contributed by atoms with van der Waals surface area (Å²) < 4.78 is 5.21. The Bertz CT molecular complexity index is 479. The van der Waals surface area contributed by atoms with E-state index in [1.165, 1.54) is 0 Å². The van der Waals surface area contributed by atoms with Crippen molar-refractivity contribution < 1.29 is 9.53 Å². The van der Waals surface area contributed by atoms with E-state index in [1.54, 1.807) is 7.11 Å². The van der Waals surface area contributed by atoms with Gasteiger partial charge in [0.25, 0.3) is 0 Å². The number of carbonyl (C=O) groups excluding carboxylic acids is 1. The molecular weight excluding hydrogens is 228 g/mol. The molecular formula is C14H18N2O2. The van der Waals surface area contributed by atoms with Gasteiger partial charge < -0.3 is 15.4 Å². The van der Waals surface area contributed by atoms with Gasteiger partial charge in [-0.1, -0.05) is 12.8 Å². The minimum atomic E-state index is -0.216. The Morgan fingerprint density at radius 2 is 2.00 bits per heavy atom. The van der Waals surface area contributed by atoms with E-state index in [2.05, 4.69) is 10.6 Å². The average Bonchev–Trinajstić information content (AvgIpc) is 2.82. The molecule has 1 saturated carbocycles. The van der Waals surface area contributed by atoms with Crippen molar-refractivity contribution in [3.63, 3.8) is 0 Å². The third kappa shape index (κ3) is 1.72. The number of methoxy groups -OCH3 is 1. The maximum atomic E-state index is 12.4. The summed E-state index contributed by atoms with van der Waals surface area (Å²) in [4.78, 5) is 12.4. The van der Waals surface area contributed by atoms with Gasteiger partial charge in [-0.3, -0.25) is 4.79 Å². The summed E-state index contributed by atoms with van der Waals surface area (Å²) in [5, 5.41) is 6.45. The second-order valence-corrected chi connectivity index (χ2v) is 5.21. The second-order valence-electron chi connectivity index (χ2n) is 5.21. The van der Waals surface area contributed by atoms with Crippen molar-refractivity contribution in [1.29, 1.82) is 0 Å². The SMILES string of the molecule is COc1ccc2c(c1)NCC1(CCCC1)C(=O)N2. The van der Waals surface area contributed by atoms with Crippen molar-refractivity contribution in [2.45, 2.75) is 25.7 Å². The summed E-state index contributed by atoms with van der Waals surface area (Å²) in [7, 11) is 1.65. The molecule has 0 aromatic heterocycles. The Balaban J connectivity index is 1.93. The molecule has 96 valence electrons. The van der Waals surface area contributed by atoms with Gasteiger partial charge in [-0.15, -0.1) is 0 Å². The molecule has 1 spiro atoms. The molecule has 4 nitrogen and oxygen atoms in total. The summed E-state index contributed by atoms with van der Waals surface area (Å²) in [5.41, 5.74) is 1.59.